The van der Waals surface area contributed by atoms with Crippen LogP contribution in [0.4, 0.5) is 5.95 Å². The molecule has 0 spiro atoms. The minimum absolute atomic E-state index is 0.0810. The normalized spacial score (nSPS) is 14.5. The molecule has 0 bridgehead atoms. The number of aryl methyl sites for hydroxylation is 1. The number of nitrogens with one attached hydrogen (secondary N) is 2. The van der Waals surface area contributed by atoms with E-state index in [-0.39, 0.29) is 23.9 Å². The molecule has 0 aliphatic carbocycles. The molecule has 1 saturated heterocycles. The molecule has 0 radical (unpaired) electrons. The van der Waals surface area contributed by atoms with Crippen LogP contribution in [-0.4, -0.2) is 55.8 Å². The lowest BCUT2D eigenvalue weighted by Crippen LogP contribution is -2.61. The second-order valence-electron chi connectivity index (χ2n) is 8.31. The largest absolute Gasteiger partial charge is 0.348 e. The van der Waals surface area contributed by atoms with E-state index < -0.39 is 0 Å². The topological polar surface area (TPSA) is 113 Å². The lowest BCUT2D eigenvalue weighted by Gasteiger charge is -2.39. The van der Waals surface area contributed by atoms with Gasteiger partial charge in [0.2, 0.25) is 5.95 Å². The van der Waals surface area contributed by atoms with E-state index in [0.717, 1.165) is 21.3 Å². The Hall–Kier alpha value is -3.92. The third kappa shape index (κ3) is 4.44. The van der Waals surface area contributed by atoms with Gasteiger partial charge in [-0.1, -0.05) is 6.07 Å². The summed E-state index contributed by atoms with van der Waals surface area (Å²) in [6.45, 7) is 4.85. The summed E-state index contributed by atoms with van der Waals surface area (Å²) in [7, 11) is 0. The van der Waals surface area contributed by atoms with Gasteiger partial charge in [0.25, 0.3) is 11.8 Å². The van der Waals surface area contributed by atoms with Gasteiger partial charge in [-0.2, -0.15) is 0 Å². The summed E-state index contributed by atoms with van der Waals surface area (Å²) >= 11 is 1.44. The van der Waals surface area contributed by atoms with Gasteiger partial charge < -0.3 is 15.5 Å². The van der Waals surface area contributed by atoms with Crippen molar-refractivity contribution in [1.29, 1.82) is 0 Å². The Morgan fingerprint density at radius 2 is 2.00 bits per heavy atom. The number of thiophene rings is 1. The number of fused-ring (bicyclic) bond motifs is 1. The molecule has 0 saturated carbocycles. The van der Waals surface area contributed by atoms with Gasteiger partial charge in [-0.3, -0.25) is 19.6 Å². The van der Waals surface area contributed by atoms with Gasteiger partial charge in [-0.05, 0) is 48.6 Å². The first kappa shape index (κ1) is 21.9. The Labute approximate surface area is 200 Å². The van der Waals surface area contributed by atoms with Crippen molar-refractivity contribution in [3.8, 4) is 0 Å². The van der Waals surface area contributed by atoms with Gasteiger partial charge in [0.05, 0.1) is 27.9 Å². The highest BCUT2D eigenvalue weighted by Crippen LogP contribution is 2.27. The molecule has 9 nitrogen and oxygen atoms in total. The smallest absolute Gasteiger partial charge is 0.274 e. The first-order valence-electron chi connectivity index (χ1n) is 10.9. The number of nitrogens with zero attached hydrogens (tertiary/aromatic N) is 5. The summed E-state index contributed by atoms with van der Waals surface area (Å²) in [6, 6.07) is 7.18. The second kappa shape index (κ2) is 9.14. The zero-order chi connectivity index (χ0) is 23.7. The fourth-order valence-corrected chi connectivity index (χ4v) is 4.63. The predicted octanol–water partition coefficient (Wildman–Crippen LogP) is 3.22. The van der Waals surface area contributed by atoms with Gasteiger partial charge >= 0.3 is 0 Å². The van der Waals surface area contributed by atoms with E-state index in [2.05, 4.69) is 36.6 Å². The summed E-state index contributed by atoms with van der Waals surface area (Å²) in [6.07, 6.45) is 6.75. The molecule has 0 aromatic carbocycles. The van der Waals surface area contributed by atoms with Crippen LogP contribution in [0.2, 0.25) is 0 Å². The van der Waals surface area contributed by atoms with Crippen LogP contribution in [0.5, 0.6) is 0 Å². The monoisotopic (exact) mass is 473 g/mol. The number of pyridine rings is 2. The van der Waals surface area contributed by atoms with Crippen LogP contribution in [0.15, 0.2) is 54.4 Å². The van der Waals surface area contributed by atoms with Gasteiger partial charge in [0, 0.05) is 37.9 Å². The van der Waals surface area contributed by atoms with Gasteiger partial charge in [-0.15, -0.1) is 11.3 Å². The molecule has 1 aliphatic rings. The third-order valence-corrected chi connectivity index (χ3v) is 6.59. The maximum Gasteiger partial charge on any atom is 0.274 e. The molecule has 4 aromatic heterocycles. The number of hydrogen-bond acceptors (Lipinski definition) is 8. The van der Waals surface area contributed by atoms with Crippen molar-refractivity contribution in [2.45, 2.75) is 25.9 Å². The minimum Gasteiger partial charge on any atom is -0.348 e. The van der Waals surface area contributed by atoms with Crippen LogP contribution in [0.3, 0.4) is 0 Å². The van der Waals surface area contributed by atoms with E-state index in [4.69, 9.17) is 0 Å². The van der Waals surface area contributed by atoms with Crippen LogP contribution in [0.1, 0.15) is 44.9 Å². The summed E-state index contributed by atoms with van der Waals surface area (Å²) < 4.78 is 0.753. The first-order chi connectivity index (χ1) is 16.5. The molecule has 1 aliphatic heterocycles. The van der Waals surface area contributed by atoms with E-state index >= 15 is 0 Å². The molecule has 34 heavy (non-hydrogen) atoms. The van der Waals surface area contributed by atoms with Crippen LogP contribution in [0.25, 0.3) is 10.2 Å². The molecule has 5 heterocycles. The molecule has 10 heteroatoms. The van der Waals surface area contributed by atoms with Crippen molar-refractivity contribution in [1.82, 2.24) is 30.2 Å². The van der Waals surface area contributed by atoms with Crippen LogP contribution >= 0.6 is 11.3 Å². The maximum atomic E-state index is 13.3. The highest BCUT2D eigenvalue weighted by molar-refractivity contribution is 7.17. The summed E-state index contributed by atoms with van der Waals surface area (Å²) in [5, 5.41) is 8.14. The van der Waals surface area contributed by atoms with Crippen molar-refractivity contribution in [2.75, 3.05) is 18.4 Å². The lowest BCUT2D eigenvalue weighted by atomic mass is 10.1. The summed E-state index contributed by atoms with van der Waals surface area (Å²) in [5.74, 6) is 0.0267. The van der Waals surface area contributed by atoms with Gasteiger partial charge in [-0.25, -0.2) is 9.97 Å². The zero-order valence-electron chi connectivity index (χ0n) is 18.7. The van der Waals surface area contributed by atoms with Crippen molar-refractivity contribution in [2.24, 2.45) is 0 Å². The predicted molar refractivity (Wildman–Crippen MR) is 130 cm³/mol. The number of amides is 2. The van der Waals surface area contributed by atoms with Crippen LogP contribution < -0.4 is 10.6 Å². The Morgan fingerprint density at radius 3 is 2.76 bits per heavy atom. The average Bonchev–Trinajstić information content (AvgIpc) is 3.29. The van der Waals surface area contributed by atoms with E-state index in [1.807, 2.05) is 25.3 Å². The molecule has 1 atom stereocenters. The third-order valence-electron chi connectivity index (χ3n) is 5.68. The highest BCUT2D eigenvalue weighted by atomic mass is 32.1. The zero-order valence-corrected chi connectivity index (χ0v) is 19.5. The molecule has 2 amide bonds. The molecular formula is C24H23N7O2S. The Balaban J connectivity index is 1.29. The van der Waals surface area contributed by atoms with E-state index in [1.54, 1.807) is 35.6 Å². The Morgan fingerprint density at radius 1 is 1.15 bits per heavy atom. The van der Waals surface area contributed by atoms with Gasteiger partial charge in [0.15, 0.2) is 5.69 Å². The number of anilines is 1. The molecule has 1 fully saturated rings. The number of carbonyl (C=O) groups excluding carboxylic acids is 2. The van der Waals surface area contributed by atoms with E-state index in [9.17, 15) is 9.59 Å². The lowest BCUT2D eigenvalue weighted by molar-refractivity contribution is 0.0539. The van der Waals surface area contributed by atoms with Crippen LogP contribution in [-0.2, 0) is 0 Å². The second-order valence-corrected chi connectivity index (χ2v) is 9.23. The van der Waals surface area contributed by atoms with E-state index in [1.165, 1.54) is 17.5 Å². The highest BCUT2D eigenvalue weighted by Gasteiger charge is 2.34. The molecular weight excluding hydrogens is 450 g/mol. The number of rotatable bonds is 6. The number of aromatic nitrogens is 4. The Kier molecular flexibility index (Phi) is 5.89. The summed E-state index contributed by atoms with van der Waals surface area (Å²) in [4.78, 5) is 44.7. The Bertz CT molecular complexity index is 1350. The molecule has 5 rings (SSSR count). The van der Waals surface area contributed by atoms with Crippen molar-refractivity contribution < 1.29 is 9.59 Å². The average molecular weight is 474 g/mol. The fourth-order valence-electron chi connectivity index (χ4n) is 3.82. The first-order valence-corrected chi connectivity index (χ1v) is 11.8. The SMILES string of the molecule is Cc1cncc(C(C)Nc2nc(C(=O)N3CC(NC(=O)c4cccnc4)C3)c3sccc3n2)c1. The van der Waals surface area contributed by atoms with Crippen molar-refractivity contribution in [3.63, 3.8) is 0 Å². The molecule has 2 N–H and O–H groups in total. The van der Waals surface area contributed by atoms with Crippen molar-refractivity contribution in [3.05, 3.63) is 76.8 Å². The van der Waals surface area contributed by atoms with Crippen LogP contribution in [0, 0.1) is 6.92 Å². The summed E-state index contributed by atoms with van der Waals surface area (Å²) in [5.41, 5.74) is 3.67. The van der Waals surface area contributed by atoms with Gasteiger partial charge in [0.1, 0.15) is 0 Å². The fraction of sp³-hybridized carbons (Fsp3) is 0.250. The number of likely N-dealkylation sites (tertiary alicyclic amines) is 1. The maximum absolute atomic E-state index is 13.3. The van der Waals surface area contributed by atoms with Crippen molar-refractivity contribution >= 4 is 39.3 Å². The number of carbonyl (C=O) groups is 2. The standard InChI is InChI=1S/C24H23N7O2S/c1-14-8-17(11-26-9-14)15(2)27-24-29-19-5-7-34-21(19)20(30-24)23(33)31-12-18(13-31)28-22(32)16-4-3-6-25-10-16/h3-11,15,18H,12-13H2,1-2H3,(H,28,32)(H,27,29,30). The number of hydrogen-bond donors (Lipinski definition) is 2. The molecule has 172 valence electrons. The molecule has 1 unspecified atom stereocenters. The quantitative estimate of drug-likeness (QED) is 0.442. The minimum atomic E-state index is -0.195. The van der Waals surface area contributed by atoms with E-state index in [0.29, 0.717) is 30.3 Å². The molecule has 4 aromatic rings.